The molecule has 2 aromatic carbocycles. The lowest BCUT2D eigenvalue weighted by Crippen LogP contribution is -2.67. The molecule has 3 atom stereocenters. The first-order valence-electron chi connectivity index (χ1n) is 10.8. The SMILES string of the molecule is C#C[C@@H]1CC[C@@H]([C@@H](CO[Si](c2ccccc2)(c2ccccc2)C(C)(C)C)OC(C)=O)O1. The van der Waals surface area contributed by atoms with Crippen molar-refractivity contribution in [2.75, 3.05) is 6.61 Å². The van der Waals surface area contributed by atoms with Gasteiger partial charge >= 0.3 is 5.97 Å². The van der Waals surface area contributed by atoms with E-state index in [4.69, 9.17) is 20.3 Å². The molecule has 0 aliphatic carbocycles. The van der Waals surface area contributed by atoms with E-state index < -0.39 is 14.4 Å². The molecule has 0 unspecified atom stereocenters. The maximum atomic E-state index is 11.9. The zero-order valence-electron chi connectivity index (χ0n) is 18.8. The summed E-state index contributed by atoms with van der Waals surface area (Å²) >= 11 is 0. The molecule has 0 saturated carbocycles. The Morgan fingerprint density at radius 3 is 2.06 bits per heavy atom. The molecule has 31 heavy (non-hydrogen) atoms. The van der Waals surface area contributed by atoms with Crippen LogP contribution in [-0.2, 0) is 18.7 Å². The van der Waals surface area contributed by atoms with Gasteiger partial charge in [0.05, 0.1) is 12.7 Å². The molecule has 2 aromatic rings. The van der Waals surface area contributed by atoms with Gasteiger partial charge in [0.15, 0.2) is 0 Å². The third-order valence-corrected chi connectivity index (χ3v) is 10.9. The van der Waals surface area contributed by atoms with Crippen LogP contribution in [0.1, 0.15) is 40.5 Å². The van der Waals surface area contributed by atoms with Crippen LogP contribution in [0.5, 0.6) is 0 Å². The van der Waals surface area contributed by atoms with Gasteiger partial charge in [-0.3, -0.25) is 4.79 Å². The topological polar surface area (TPSA) is 44.8 Å². The summed E-state index contributed by atoms with van der Waals surface area (Å²) in [4.78, 5) is 11.9. The molecule has 0 amide bonds. The summed E-state index contributed by atoms with van der Waals surface area (Å²) in [6.45, 7) is 8.35. The van der Waals surface area contributed by atoms with Gasteiger partial charge in [0.25, 0.3) is 8.32 Å². The Bertz CT molecular complexity index is 859. The molecule has 0 bridgehead atoms. The summed E-state index contributed by atoms with van der Waals surface area (Å²) in [5.41, 5.74) is 0. The number of carbonyl (C=O) groups excluding carboxylic acids is 1. The lowest BCUT2D eigenvalue weighted by Gasteiger charge is -2.43. The van der Waals surface area contributed by atoms with E-state index in [2.05, 4.69) is 75.2 Å². The maximum Gasteiger partial charge on any atom is 0.303 e. The number of benzene rings is 2. The predicted molar refractivity (Wildman–Crippen MR) is 126 cm³/mol. The Balaban J connectivity index is 1.99. The molecule has 0 aromatic heterocycles. The van der Waals surface area contributed by atoms with Crippen LogP contribution < -0.4 is 10.4 Å². The molecule has 0 N–H and O–H groups in total. The summed E-state index contributed by atoms with van der Waals surface area (Å²) < 4.78 is 18.6. The summed E-state index contributed by atoms with van der Waals surface area (Å²) in [5.74, 6) is 2.31. The van der Waals surface area contributed by atoms with E-state index in [1.807, 2.05) is 12.1 Å². The van der Waals surface area contributed by atoms with Gasteiger partial charge in [-0.15, -0.1) is 6.42 Å². The zero-order valence-corrected chi connectivity index (χ0v) is 19.8. The molecule has 3 rings (SSSR count). The van der Waals surface area contributed by atoms with E-state index >= 15 is 0 Å². The monoisotopic (exact) mass is 436 g/mol. The van der Waals surface area contributed by atoms with Crippen molar-refractivity contribution >= 4 is 24.7 Å². The second kappa shape index (κ2) is 9.82. The largest absolute Gasteiger partial charge is 0.457 e. The normalized spacial score (nSPS) is 20.1. The molecule has 1 heterocycles. The van der Waals surface area contributed by atoms with E-state index in [1.54, 1.807) is 0 Å². The zero-order chi connectivity index (χ0) is 22.5. The third-order valence-electron chi connectivity index (χ3n) is 5.85. The number of esters is 1. The second-order valence-electron chi connectivity index (χ2n) is 9.03. The Morgan fingerprint density at radius 1 is 1.10 bits per heavy atom. The van der Waals surface area contributed by atoms with Gasteiger partial charge in [0, 0.05) is 6.92 Å². The van der Waals surface area contributed by atoms with Crippen LogP contribution in [0.3, 0.4) is 0 Å². The fourth-order valence-electron chi connectivity index (χ4n) is 4.46. The summed E-state index contributed by atoms with van der Waals surface area (Å²) in [6.07, 6.45) is 6.05. The molecule has 5 heteroatoms. The lowest BCUT2D eigenvalue weighted by molar-refractivity contribution is -0.156. The third kappa shape index (κ3) is 5.09. The lowest BCUT2D eigenvalue weighted by atomic mass is 10.1. The van der Waals surface area contributed by atoms with Gasteiger partial charge in [0.1, 0.15) is 12.2 Å². The average Bonchev–Trinajstić information content (AvgIpc) is 3.23. The van der Waals surface area contributed by atoms with Gasteiger partial charge in [-0.2, -0.15) is 0 Å². The van der Waals surface area contributed by atoms with Gasteiger partial charge < -0.3 is 13.9 Å². The Hall–Kier alpha value is -2.39. The summed E-state index contributed by atoms with van der Waals surface area (Å²) in [7, 11) is -2.73. The van der Waals surface area contributed by atoms with Crippen molar-refractivity contribution in [1.29, 1.82) is 0 Å². The van der Waals surface area contributed by atoms with Crippen LogP contribution in [0.25, 0.3) is 0 Å². The molecule has 4 nitrogen and oxygen atoms in total. The number of terminal acetylenes is 1. The Morgan fingerprint density at radius 2 is 1.65 bits per heavy atom. The molecule has 0 spiro atoms. The molecule has 164 valence electrons. The molecule has 1 aliphatic rings. The van der Waals surface area contributed by atoms with Crippen LogP contribution >= 0.6 is 0 Å². The molecular weight excluding hydrogens is 404 g/mol. The number of ether oxygens (including phenoxy) is 2. The van der Waals surface area contributed by atoms with E-state index in [0.717, 1.165) is 12.8 Å². The highest BCUT2D eigenvalue weighted by atomic mass is 28.4. The van der Waals surface area contributed by atoms with E-state index in [1.165, 1.54) is 17.3 Å². The fourth-order valence-corrected chi connectivity index (χ4v) is 9.03. The Kier molecular flexibility index (Phi) is 7.37. The first-order valence-corrected chi connectivity index (χ1v) is 12.7. The van der Waals surface area contributed by atoms with Gasteiger partial charge in [0.2, 0.25) is 0 Å². The van der Waals surface area contributed by atoms with Crippen LogP contribution in [0.4, 0.5) is 0 Å². The second-order valence-corrected chi connectivity index (χ2v) is 13.3. The van der Waals surface area contributed by atoms with Crippen molar-refractivity contribution < 1.29 is 18.7 Å². The van der Waals surface area contributed by atoms with Crippen molar-refractivity contribution in [2.45, 2.75) is 63.9 Å². The van der Waals surface area contributed by atoms with Crippen LogP contribution in [0, 0.1) is 12.3 Å². The number of hydrogen-bond donors (Lipinski definition) is 0. The maximum absolute atomic E-state index is 11.9. The van der Waals surface area contributed by atoms with Gasteiger partial charge in [-0.1, -0.05) is 87.4 Å². The molecule has 1 saturated heterocycles. The quantitative estimate of drug-likeness (QED) is 0.377. The number of rotatable bonds is 7. The molecule has 1 aliphatic heterocycles. The summed E-state index contributed by atoms with van der Waals surface area (Å²) in [6, 6.07) is 20.8. The average molecular weight is 437 g/mol. The number of hydrogen-bond acceptors (Lipinski definition) is 4. The highest BCUT2D eigenvalue weighted by molar-refractivity contribution is 6.99. The molecular formula is C26H32O4Si. The fraction of sp³-hybridized carbons (Fsp3) is 0.423. The molecule has 1 fully saturated rings. The highest BCUT2D eigenvalue weighted by Gasteiger charge is 2.51. The van der Waals surface area contributed by atoms with Crippen molar-refractivity contribution in [1.82, 2.24) is 0 Å². The van der Waals surface area contributed by atoms with Gasteiger partial charge in [-0.25, -0.2) is 0 Å². The summed E-state index contributed by atoms with van der Waals surface area (Å²) in [5, 5.41) is 2.21. The van der Waals surface area contributed by atoms with Crippen LogP contribution in [-0.4, -0.2) is 39.2 Å². The first kappa shape index (κ1) is 23.3. The highest BCUT2D eigenvalue weighted by Crippen LogP contribution is 2.37. The number of carbonyl (C=O) groups is 1. The Labute approximate surface area is 187 Å². The van der Waals surface area contributed by atoms with Crippen molar-refractivity contribution in [3.8, 4) is 12.3 Å². The molecule has 0 radical (unpaired) electrons. The minimum absolute atomic E-state index is 0.158. The van der Waals surface area contributed by atoms with Crippen molar-refractivity contribution in [3.05, 3.63) is 60.7 Å². The standard InChI is InChI=1S/C26H32O4Si/c1-6-21-17-18-24(30-21)25(29-20(2)27)19-28-31(26(3,4)5,22-13-9-7-10-14-22)23-15-11-8-12-16-23/h1,7-16,21,24-25H,17-19H2,2-5H3/t21-,24+,25-/m1/s1. The van der Waals surface area contributed by atoms with E-state index in [-0.39, 0.29) is 29.8 Å². The first-order chi connectivity index (χ1) is 14.8. The minimum Gasteiger partial charge on any atom is -0.457 e. The van der Waals surface area contributed by atoms with Crippen molar-refractivity contribution in [2.24, 2.45) is 0 Å². The van der Waals surface area contributed by atoms with Crippen LogP contribution in [0.15, 0.2) is 60.7 Å². The van der Waals surface area contributed by atoms with E-state index in [9.17, 15) is 4.79 Å². The predicted octanol–water partition coefficient (Wildman–Crippen LogP) is 3.68. The smallest absolute Gasteiger partial charge is 0.303 e. The van der Waals surface area contributed by atoms with Gasteiger partial charge in [-0.05, 0) is 28.3 Å². The van der Waals surface area contributed by atoms with Crippen LogP contribution in [0.2, 0.25) is 5.04 Å². The van der Waals surface area contributed by atoms with E-state index in [0.29, 0.717) is 0 Å². The minimum atomic E-state index is -2.73. The van der Waals surface area contributed by atoms with Crippen molar-refractivity contribution in [3.63, 3.8) is 0 Å².